The first kappa shape index (κ1) is 23.9. The van der Waals surface area contributed by atoms with Crippen molar-refractivity contribution in [2.75, 3.05) is 20.7 Å². The van der Waals surface area contributed by atoms with Crippen LogP contribution in [0.15, 0.2) is 47.4 Å². The number of alkyl halides is 2. The SMILES string of the molecule is COc1cc(CN(C)C(=O)C2CCCN2S(=O)(=O)c2ccc(C)cc2)ccc1OC(F)F. The summed E-state index contributed by atoms with van der Waals surface area (Å²) in [6.07, 6.45) is 1.02. The van der Waals surface area contributed by atoms with Crippen LogP contribution < -0.4 is 9.47 Å². The number of nitrogens with zero attached hydrogens (tertiary/aromatic N) is 2. The zero-order valence-electron chi connectivity index (χ0n) is 18.1. The number of hydrogen-bond acceptors (Lipinski definition) is 5. The summed E-state index contributed by atoms with van der Waals surface area (Å²) in [7, 11) is -0.897. The van der Waals surface area contributed by atoms with Gasteiger partial charge >= 0.3 is 6.61 Å². The maximum Gasteiger partial charge on any atom is 0.387 e. The zero-order valence-corrected chi connectivity index (χ0v) is 18.9. The fourth-order valence-corrected chi connectivity index (χ4v) is 5.38. The maximum atomic E-state index is 13.1. The highest BCUT2D eigenvalue weighted by atomic mass is 32.2. The van der Waals surface area contributed by atoms with E-state index in [-0.39, 0.29) is 35.4 Å². The minimum Gasteiger partial charge on any atom is -0.493 e. The van der Waals surface area contributed by atoms with Crippen LogP contribution in [-0.4, -0.2) is 56.9 Å². The van der Waals surface area contributed by atoms with Crippen molar-refractivity contribution in [3.63, 3.8) is 0 Å². The number of ether oxygens (including phenoxy) is 2. The molecule has 1 fully saturated rings. The molecule has 1 saturated heterocycles. The number of carbonyl (C=O) groups excluding carboxylic acids is 1. The topological polar surface area (TPSA) is 76.2 Å². The van der Waals surface area contributed by atoms with Crippen molar-refractivity contribution in [1.29, 1.82) is 0 Å². The van der Waals surface area contributed by atoms with E-state index in [4.69, 9.17) is 4.74 Å². The molecule has 1 aliphatic heterocycles. The van der Waals surface area contributed by atoms with E-state index in [0.29, 0.717) is 18.4 Å². The van der Waals surface area contributed by atoms with Crippen LogP contribution >= 0.6 is 0 Å². The van der Waals surface area contributed by atoms with E-state index in [1.165, 1.54) is 28.4 Å². The first-order valence-corrected chi connectivity index (χ1v) is 11.5. The van der Waals surface area contributed by atoms with E-state index in [1.807, 2.05) is 6.92 Å². The van der Waals surface area contributed by atoms with E-state index >= 15 is 0 Å². The van der Waals surface area contributed by atoms with Crippen LogP contribution in [0, 0.1) is 6.92 Å². The highest BCUT2D eigenvalue weighted by Crippen LogP contribution is 2.31. The van der Waals surface area contributed by atoms with Gasteiger partial charge in [0.25, 0.3) is 0 Å². The lowest BCUT2D eigenvalue weighted by Crippen LogP contribution is -2.46. The van der Waals surface area contributed by atoms with Crippen LogP contribution in [0.5, 0.6) is 11.5 Å². The lowest BCUT2D eigenvalue weighted by atomic mass is 10.1. The molecule has 0 radical (unpaired) electrons. The Hall–Kier alpha value is -2.72. The van der Waals surface area contributed by atoms with Gasteiger partial charge in [-0.15, -0.1) is 0 Å². The Bertz CT molecular complexity index is 1060. The number of carbonyl (C=O) groups is 1. The molecule has 32 heavy (non-hydrogen) atoms. The summed E-state index contributed by atoms with van der Waals surface area (Å²) >= 11 is 0. The largest absolute Gasteiger partial charge is 0.493 e. The van der Waals surface area contributed by atoms with Crippen LogP contribution in [0.2, 0.25) is 0 Å². The van der Waals surface area contributed by atoms with Gasteiger partial charge in [-0.25, -0.2) is 8.42 Å². The molecule has 1 aliphatic rings. The molecule has 2 aromatic carbocycles. The molecule has 1 unspecified atom stereocenters. The molecule has 10 heteroatoms. The predicted molar refractivity (Wildman–Crippen MR) is 114 cm³/mol. The first-order valence-electron chi connectivity index (χ1n) is 10.1. The van der Waals surface area contributed by atoms with Crippen LogP contribution in [-0.2, 0) is 21.4 Å². The monoisotopic (exact) mass is 468 g/mol. The normalized spacial score (nSPS) is 16.9. The number of aryl methyl sites for hydroxylation is 1. The van der Waals surface area contributed by atoms with Crippen molar-refractivity contribution < 1.29 is 31.5 Å². The summed E-state index contributed by atoms with van der Waals surface area (Å²) in [6.45, 7) is -0.690. The van der Waals surface area contributed by atoms with Crippen molar-refractivity contribution in [3.05, 3.63) is 53.6 Å². The molecular weight excluding hydrogens is 442 g/mol. The molecular formula is C22H26F2N2O5S. The van der Waals surface area contributed by atoms with Gasteiger partial charge < -0.3 is 14.4 Å². The molecule has 0 bridgehead atoms. The number of halogens is 2. The molecule has 1 amide bonds. The van der Waals surface area contributed by atoms with Gasteiger partial charge in [0.15, 0.2) is 11.5 Å². The molecule has 7 nitrogen and oxygen atoms in total. The van der Waals surface area contributed by atoms with E-state index in [0.717, 1.165) is 5.56 Å². The maximum absolute atomic E-state index is 13.1. The average Bonchev–Trinajstić information content (AvgIpc) is 3.25. The number of hydrogen-bond donors (Lipinski definition) is 0. The predicted octanol–water partition coefficient (Wildman–Crippen LogP) is 3.42. The third-order valence-electron chi connectivity index (χ3n) is 5.36. The summed E-state index contributed by atoms with van der Waals surface area (Å²) in [5.74, 6) is -0.315. The summed E-state index contributed by atoms with van der Waals surface area (Å²) in [5.41, 5.74) is 1.57. The highest BCUT2D eigenvalue weighted by molar-refractivity contribution is 7.89. The van der Waals surface area contributed by atoms with Gasteiger partial charge in [0.05, 0.1) is 12.0 Å². The Morgan fingerprint density at radius 1 is 1.19 bits per heavy atom. The fraction of sp³-hybridized carbons (Fsp3) is 0.409. The van der Waals surface area contributed by atoms with Gasteiger partial charge in [-0.05, 0) is 49.6 Å². The quantitative estimate of drug-likeness (QED) is 0.594. The van der Waals surface area contributed by atoms with Gasteiger partial charge in [-0.1, -0.05) is 23.8 Å². The van der Waals surface area contributed by atoms with E-state index in [1.54, 1.807) is 37.4 Å². The molecule has 0 aliphatic carbocycles. The third kappa shape index (κ3) is 5.18. The van der Waals surface area contributed by atoms with Gasteiger partial charge in [0.2, 0.25) is 15.9 Å². The number of sulfonamides is 1. The number of likely N-dealkylation sites (N-methyl/N-ethyl adjacent to an activating group) is 1. The van der Waals surface area contributed by atoms with Gasteiger partial charge in [0.1, 0.15) is 6.04 Å². The second kappa shape index (κ2) is 9.83. The lowest BCUT2D eigenvalue weighted by Gasteiger charge is -2.27. The lowest BCUT2D eigenvalue weighted by molar-refractivity contribution is -0.133. The average molecular weight is 469 g/mol. The second-order valence-corrected chi connectivity index (χ2v) is 9.54. The minimum absolute atomic E-state index is 0.105. The van der Waals surface area contributed by atoms with Gasteiger partial charge in [-0.2, -0.15) is 13.1 Å². The molecule has 0 aromatic heterocycles. The van der Waals surface area contributed by atoms with Gasteiger partial charge in [0, 0.05) is 20.1 Å². The van der Waals surface area contributed by atoms with E-state index < -0.39 is 22.7 Å². The van der Waals surface area contributed by atoms with Gasteiger partial charge in [-0.3, -0.25) is 4.79 Å². The van der Waals surface area contributed by atoms with E-state index in [9.17, 15) is 22.0 Å². The number of methoxy groups -OCH3 is 1. The molecule has 3 rings (SSSR count). The second-order valence-electron chi connectivity index (χ2n) is 7.64. The highest BCUT2D eigenvalue weighted by Gasteiger charge is 2.40. The standard InChI is InChI=1S/C22H26F2N2O5S/c1-15-6-9-17(10-7-15)32(28,29)26-12-4-5-18(26)21(27)25(2)14-16-8-11-19(31-22(23)24)20(13-16)30-3/h6-11,13,18,22H,4-5,12,14H2,1-3H3. The third-order valence-corrected chi connectivity index (χ3v) is 7.28. The van der Waals surface area contributed by atoms with Crippen molar-refractivity contribution in [1.82, 2.24) is 9.21 Å². The van der Waals surface area contributed by atoms with Crippen molar-refractivity contribution >= 4 is 15.9 Å². The summed E-state index contributed by atoms with van der Waals surface area (Å²) < 4.78 is 62.0. The fourth-order valence-electron chi connectivity index (χ4n) is 3.73. The van der Waals surface area contributed by atoms with Crippen molar-refractivity contribution in [2.24, 2.45) is 0 Å². The van der Waals surface area contributed by atoms with Crippen LogP contribution in [0.3, 0.4) is 0 Å². The summed E-state index contributed by atoms with van der Waals surface area (Å²) in [6, 6.07) is 10.2. The Kier molecular flexibility index (Phi) is 7.35. The molecule has 0 saturated carbocycles. The smallest absolute Gasteiger partial charge is 0.387 e. The van der Waals surface area contributed by atoms with E-state index in [2.05, 4.69) is 4.74 Å². The molecule has 2 aromatic rings. The molecule has 0 spiro atoms. The number of amides is 1. The van der Waals surface area contributed by atoms with Crippen molar-refractivity contribution in [3.8, 4) is 11.5 Å². The summed E-state index contributed by atoms with van der Waals surface area (Å²) in [4.78, 5) is 14.7. The van der Waals surface area contributed by atoms with Crippen molar-refractivity contribution in [2.45, 2.75) is 43.9 Å². The number of rotatable bonds is 8. The minimum atomic E-state index is -3.81. The Morgan fingerprint density at radius 2 is 1.88 bits per heavy atom. The Balaban J connectivity index is 1.75. The molecule has 174 valence electrons. The van der Waals surface area contributed by atoms with Crippen LogP contribution in [0.25, 0.3) is 0 Å². The molecule has 1 atom stereocenters. The Labute approximate surface area is 186 Å². The van der Waals surface area contributed by atoms with Crippen LogP contribution in [0.4, 0.5) is 8.78 Å². The zero-order chi connectivity index (χ0) is 23.5. The number of benzene rings is 2. The molecule has 0 N–H and O–H groups in total. The Morgan fingerprint density at radius 3 is 2.50 bits per heavy atom. The van der Waals surface area contributed by atoms with Crippen LogP contribution in [0.1, 0.15) is 24.0 Å². The molecule has 1 heterocycles. The summed E-state index contributed by atoms with van der Waals surface area (Å²) in [5, 5.41) is 0. The first-order chi connectivity index (χ1) is 15.1.